The second-order valence-electron chi connectivity index (χ2n) is 8.27. The van der Waals surface area contributed by atoms with Crippen LogP contribution in [-0.4, -0.2) is 54.2 Å². The van der Waals surface area contributed by atoms with E-state index >= 15 is 0 Å². The van der Waals surface area contributed by atoms with E-state index < -0.39 is 0 Å². The molecular formula is C26H29N3O2S2. The van der Waals surface area contributed by atoms with E-state index in [1.54, 1.807) is 0 Å². The fraction of sp³-hybridized carbons (Fsp3) is 0.308. The lowest BCUT2D eigenvalue weighted by Crippen LogP contribution is -2.49. The van der Waals surface area contributed by atoms with Gasteiger partial charge in [-0.3, -0.25) is 4.90 Å². The number of aryl methyl sites for hydroxylation is 2. The van der Waals surface area contributed by atoms with E-state index in [9.17, 15) is 4.79 Å². The van der Waals surface area contributed by atoms with E-state index in [4.69, 9.17) is 17.0 Å². The standard InChI is InChI=1S/C26H29N3O2S2/c1-18-9-11-20(12-10-18)17-28-13-15-29(16-14-28)26(32)27-24-23(25(30)31-3)22(19(2)33-24)21-7-5-4-6-8-21/h4-12H,13-17H2,1-3H3,(H,27,32). The molecule has 2 heterocycles. The second kappa shape index (κ2) is 10.5. The number of anilines is 1. The number of hydrogen-bond acceptors (Lipinski definition) is 5. The normalized spacial score (nSPS) is 14.2. The molecule has 1 aromatic heterocycles. The Hall–Kier alpha value is -2.74. The zero-order valence-electron chi connectivity index (χ0n) is 19.3. The number of ether oxygens (including phenoxy) is 1. The molecule has 1 aliphatic rings. The molecule has 0 spiro atoms. The molecule has 0 unspecified atom stereocenters. The maximum absolute atomic E-state index is 12.7. The smallest absolute Gasteiger partial charge is 0.341 e. The van der Waals surface area contributed by atoms with Crippen molar-refractivity contribution in [1.82, 2.24) is 9.80 Å². The van der Waals surface area contributed by atoms with E-state index in [1.807, 2.05) is 37.3 Å². The number of piperazine rings is 1. The first-order chi connectivity index (χ1) is 16.0. The fourth-order valence-electron chi connectivity index (χ4n) is 4.12. The van der Waals surface area contributed by atoms with Gasteiger partial charge < -0.3 is 15.0 Å². The van der Waals surface area contributed by atoms with Gasteiger partial charge in [-0.2, -0.15) is 0 Å². The predicted molar refractivity (Wildman–Crippen MR) is 140 cm³/mol. The number of carbonyl (C=O) groups excluding carboxylic acids is 1. The van der Waals surface area contributed by atoms with Crippen LogP contribution in [0.3, 0.4) is 0 Å². The first kappa shape index (κ1) is 23.4. The van der Waals surface area contributed by atoms with Gasteiger partial charge >= 0.3 is 5.97 Å². The molecule has 0 saturated carbocycles. The Kier molecular flexibility index (Phi) is 7.42. The van der Waals surface area contributed by atoms with E-state index in [0.29, 0.717) is 10.7 Å². The molecule has 7 heteroatoms. The highest BCUT2D eigenvalue weighted by Gasteiger charge is 2.26. The van der Waals surface area contributed by atoms with E-state index in [0.717, 1.165) is 53.7 Å². The molecule has 1 fully saturated rings. The highest BCUT2D eigenvalue weighted by Crippen LogP contribution is 2.40. The summed E-state index contributed by atoms with van der Waals surface area (Å²) in [7, 11) is 1.42. The molecule has 2 aromatic carbocycles. The summed E-state index contributed by atoms with van der Waals surface area (Å²) in [5.74, 6) is -0.355. The molecule has 1 aliphatic heterocycles. The molecular weight excluding hydrogens is 450 g/mol. The monoisotopic (exact) mass is 479 g/mol. The minimum absolute atomic E-state index is 0.355. The minimum Gasteiger partial charge on any atom is -0.465 e. The van der Waals surface area contributed by atoms with Crippen LogP contribution in [0.15, 0.2) is 54.6 Å². The van der Waals surface area contributed by atoms with Crippen molar-refractivity contribution in [3.63, 3.8) is 0 Å². The molecule has 1 saturated heterocycles. The largest absolute Gasteiger partial charge is 0.465 e. The third-order valence-electron chi connectivity index (χ3n) is 5.94. The maximum Gasteiger partial charge on any atom is 0.341 e. The van der Waals surface area contributed by atoms with Crippen LogP contribution < -0.4 is 5.32 Å². The quantitative estimate of drug-likeness (QED) is 0.394. The number of nitrogens with one attached hydrogen (secondary N) is 1. The van der Waals surface area contributed by atoms with Gasteiger partial charge in [0, 0.05) is 43.2 Å². The number of thiophene rings is 1. The molecule has 172 valence electrons. The summed E-state index contributed by atoms with van der Waals surface area (Å²) in [6, 6.07) is 18.7. The van der Waals surface area contributed by atoms with Crippen LogP contribution in [-0.2, 0) is 11.3 Å². The van der Waals surface area contributed by atoms with Crippen molar-refractivity contribution in [3.8, 4) is 11.1 Å². The van der Waals surface area contributed by atoms with Crippen molar-refractivity contribution in [1.29, 1.82) is 0 Å². The molecule has 1 N–H and O–H groups in total. The van der Waals surface area contributed by atoms with E-state index in [-0.39, 0.29) is 5.97 Å². The summed E-state index contributed by atoms with van der Waals surface area (Å²) in [5.41, 5.74) is 5.06. The molecule has 3 aromatic rings. The summed E-state index contributed by atoms with van der Waals surface area (Å²) in [6.45, 7) is 8.67. The van der Waals surface area contributed by atoms with Crippen LogP contribution >= 0.6 is 23.6 Å². The van der Waals surface area contributed by atoms with Crippen LogP contribution in [0.4, 0.5) is 5.00 Å². The summed E-state index contributed by atoms with van der Waals surface area (Å²) < 4.78 is 5.12. The van der Waals surface area contributed by atoms with Crippen molar-refractivity contribution >= 4 is 39.6 Å². The number of rotatable bonds is 5. The minimum atomic E-state index is -0.355. The Balaban J connectivity index is 1.44. The predicted octanol–water partition coefficient (Wildman–Crippen LogP) is 5.33. The van der Waals surface area contributed by atoms with Gasteiger partial charge in [0.05, 0.1) is 7.11 Å². The highest BCUT2D eigenvalue weighted by molar-refractivity contribution is 7.80. The van der Waals surface area contributed by atoms with Gasteiger partial charge in [-0.15, -0.1) is 11.3 Å². The molecule has 0 amide bonds. The van der Waals surface area contributed by atoms with Crippen molar-refractivity contribution in [2.45, 2.75) is 20.4 Å². The molecule has 33 heavy (non-hydrogen) atoms. The van der Waals surface area contributed by atoms with E-state index in [1.165, 1.54) is 29.6 Å². The van der Waals surface area contributed by atoms with Crippen molar-refractivity contribution in [2.75, 3.05) is 38.6 Å². The average molecular weight is 480 g/mol. The average Bonchev–Trinajstić information content (AvgIpc) is 3.16. The van der Waals surface area contributed by atoms with Crippen LogP contribution in [0.5, 0.6) is 0 Å². The molecule has 0 aliphatic carbocycles. The second-order valence-corrected chi connectivity index (χ2v) is 9.89. The Morgan fingerprint density at radius 3 is 2.33 bits per heavy atom. The van der Waals surface area contributed by atoms with Crippen LogP contribution in [0, 0.1) is 13.8 Å². The van der Waals surface area contributed by atoms with Gasteiger partial charge in [0.15, 0.2) is 5.11 Å². The zero-order valence-corrected chi connectivity index (χ0v) is 20.9. The lowest BCUT2D eigenvalue weighted by molar-refractivity contribution is 0.0603. The Labute approximate surface area is 205 Å². The molecule has 0 bridgehead atoms. The molecule has 0 radical (unpaired) electrons. The molecule has 5 nitrogen and oxygen atoms in total. The van der Waals surface area contributed by atoms with Crippen molar-refractivity contribution < 1.29 is 9.53 Å². The lowest BCUT2D eigenvalue weighted by atomic mass is 10.0. The molecule has 0 atom stereocenters. The summed E-state index contributed by atoms with van der Waals surface area (Å²) in [6.07, 6.45) is 0. The summed E-state index contributed by atoms with van der Waals surface area (Å²) in [5, 5.41) is 4.74. The third kappa shape index (κ3) is 5.43. The maximum atomic E-state index is 12.7. The zero-order chi connectivity index (χ0) is 23.4. The van der Waals surface area contributed by atoms with Crippen molar-refractivity contribution in [3.05, 3.63) is 76.2 Å². The lowest BCUT2D eigenvalue weighted by Gasteiger charge is -2.36. The third-order valence-corrected chi connectivity index (χ3v) is 7.32. The number of carbonyl (C=O) groups is 1. The van der Waals surface area contributed by atoms with Crippen LogP contribution in [0.1, 0.15) is 26.4 Å². The SMILES string of the molecule is COC(=O)c1c(NC(=S)N2CCN(Cc3ccc(C)cc3)CC2)sc(C)c1-c1ccccc1. The fourth-order valence-corrected chi connectivity index (χ4v) is 5.53. The van der Waals surface area contributed by atoms with Gasteiger partial charge in [0.25, 0.3) is 0 Å². The summed E-state index contributed by atoms with van der Waals surface area (Å²) >= 11 is 7.28. The van der Waals surface area contributed by atoms with Gasteiger partial charge in [0.1, 0.15) is 10.6 Å². The van der Waals surface area contributed by atoms with Gasteiger partial charge in [-0.05, 0) is 37.2 Å². The summed E-state index contributed by atoms with van der Waals surface area (Å²) in [4.78, 5) is 18.4. The topological polar surface area (TPSA) is 44.8 Å². The number of esters is 1. The number of hydrogen-bond donors (Lipinski definition) is 1. The number of nitrogens with zero attached hydrogens (tertiary/aromatic N) is 2. The van der Waals surface area contributed by atoms with Gasteiger partial charge in [-0.1, -0.05) is 60.2 Å². The Bertz CT molecular complexity index is 1120. The highest BCUT2D eigenvalue weighted by atomic mass is 32.1. The molecule has 4 rings (SSSR count). The number of thiocarbonyl (C=S) groups is 1. The first-order valence-electron chi connectivity index (χ1n) is 11.1. The first-order valence-corrected chi connectivity index (χ1v) is 12.3. The van der Waals surface area contributed by atoms with Crippen molar-refractivity contribution in [2.24, 2.45) is 0 Å². The Morgan fingerprint density at radius 2 is 1.70 bits per heavy atom. The van der Waals surface area contributed by atoms with Crippen LogP contribution in [0.25, 0.3) is 11.1 Å². The number of methoxy groups -OCH3 is 1. The Morgan fingerprint density at radius 1 is 1.03 bits per heavy atom. The van der Waals surface area contributed by atoms with E-state index in [2.05, 4.69) is 46.3 Å². The van der Waals surface area contributed by atoms with Crippen LogP contribution in [0.2, 0.25) is 0 Å². The van der Waals surface area contributed by atoms with Gasteiger partial charge in [0.2, 0.25) is 0 Å². The van der Waals surface area contributed by atoms with Gasteiger partial charge in [-0.25, -0.2) is 4.79 Å². The number of benzene rings is 2.